The fourth-order valence-electron chi connectivity index (χ4n) is 14.9. The highest BCUT2D eigenvalue weighted by Crippen LogP contribution is 2.26. The number of carbonyl (C=O) groups is 15. The van der Waals surface area contributed by atoms with Gasteiger partial charge in [0.2, 0.25) is 76.8 Å². The van der Waals surface area contributed by atoms with Crippen LogP contribution in [0.15, 0.2) is 85.2 Å². The standard InChI is InChI=1S/C88H132N20O19/c1-13-49(10)72(106-74(113)50(11)90)84(123)103-67(41-54-44-95-59-25-17-15-23-57(54)59)81(120)100-65(39-52-29-31-55(110)32-30-52)79(118)104-68(42-70(111)112)86(125)108-35-21-28-69(108)83(122)102-64(38-47(6)7)82(121)107-73(51(12)109)85(124)97-60(26-18-19-33-89)75(114)98-63(37-46(4)5)78(117)101-66(40-53-43-94-58-24-16-14-22-56(53)58)80(119)99-62(36-45(2)3)77(116)96-61(27-20-34-93-88(91)92)76(115)105-71(48(8)9)87(126)127/h14-17,22-25,29-32,43-51,60-69,71-73,94-95,109-110H,13,18-21,26-28,33-42,89-90H2,1-12H3,(H,96,116)(H,97,124)(H,98,114)(H,99,119)(H,100,120)(H,101,117)(H,102,122)(H,103,123)(H,104,118)(H,105,115)(H,106,113)(H,107,121)(H,111,112)(H,126,127)(H4,91,92,93)/t49-,50-,51+,60-,61-,62-,63-,64-,65-,66-,67-,68-,69-,71-,72-,73-/m0/s1. The Morgan fingerprint density at radius 3 is 1.36 bits per heavy atom. The molecule has 1 aliphatic rings. The van der Waals surface area contributed by atoms with Crippen molar-refractivity contribution >= 4 is 116 Å². The number of fused-ring (bicyclic) bond motifs is 2. The van der Waals surface area contributed by atoms with Crippen LogP contribution in [-0.4, -0.2) is 240 Å². The van der Waals surface area contributed by atoms with E-state index in [9.17, 15) is 82.8 Å². The number of aliphatic hydroxyl groups is 1. The molecule has 0 aliphatic carbocycles. The SMILES string of the molecule is CC[C@H](C)[C@H](NC(=O)[C@H](C)N)C(=O)N[C@@H](Cc1c[nH]c2ccccc12)C(=O)N[C@@H](Cc1ccc(O)cc1)C(=O)N[C@@H](CC(=O)O)C(=O)N1CCC[C@H]1C(=O)N[C@@H](CC(C)C)C(=O)N[C@H](C(=O)N[C@@H](CCCCN)C(=O)N[C@@H](CC(C)C)C(=O)N[C@@H](Cc1c[nH]c2ccccc12)C(=O)N[C@@H](CC(C)C)C(=O)N[C@@H](CCCNC(=N)N)C(=O)N[C@H](C(=O)O)C(C)C)[C@@H](C)O. The molecule has 26 N–H and O–H groups in total. The molecule has 39 heteroatoms. The van der Waals surface area contributed by atoms with E-state index in [2.05, 4.69) is 79.1 Å². The first-order valence-electron chi connectivity index (χ1n) is 43.5. The maximum Gasteiger partial charge on any atom is 0.326 e. The summed E-state index contributed by atoms with van der Waals surface area (Å²) < 4.78 is 0. The number of likely N-dealkylation sites (tertiary alicyclic amines) is 1. The minimum absolute atomic E-state index is 0.00703. The summed E-state index contributed by atoms with van der Waals surface area (Å²) in [7, 11) is 0. The fraction of sp³-hybridized carbons (Fsp3) is 0.568. The van der Waals surface area contributed by atoms with Gasteiger partial charge in [0.05, 0.1) is 18.6 Å². The van der Waals surface area contributed by atoms with Crippen LogP contribution in [0.3, 0.4) is 0 Å². The lowest BCUT2D eigenvalue weighted by Gasteiger charge is -2.31. The second-order valence-corrected chi connectivity index (χ2v) is 34.4. The predicted molar refractivity (Wildman–Crippen MR) is 474 cm³/mol. The Morgan fingerprint density at radius 2 is 0.898 bits per heavy atom. The summed E-state index contributed by atoms with van der Waals surface area (Å²) in [6.07, 6.45) is 0.896. The van der Waals surface area contributed by atoms with Crippen molar-refractivity contribution in [2.45, 2.75) is 270 Å². The van der Waals surface area contributed by atoms with Crippen LogP contribution in [0.4, 0.5) is 0 Å². The largest absolute Gasteiger partial charge is 0.508 e. The number of phenols is 1. The second-order valence-electron chi connectivity index (χ2n) is 34.4. The van der Waals surface area contributed by atoms with E-state index in [1.165, 1.54) is 38.1 Å². The summed E-state index contributed by atoms with van der Waals surface area (Å²) in [5.74, 6) is -17.0. The number of phenolic OH excluding ortho intramolecular Hbond substituents is 1. The van der Waals surface area contributed by atoms with Gasteiger partial charge in [-0.2, -0.15) is 0 Å². The van der Waals surface area contributed by atoms with Crippen LogP contribution in [0, 0.1) is 35.0 Å². The molecule has 0 radical (unpaired) electrons. The van der Waals surface area contributed by atoms with Gasteiger partial charge in [0.1, 0.15) is 84.3 Å². The number of rotatable bonds is 52. The molecule has 2 aromatic heterocycles. The number of nitrogens with one attached hydrogen (secondary N) is 16. The van der Waals surface area contributed by atoms with E-state index in [0.29, 0.717) is 51.3 Å². The van der Waals surface area contributed by atoms with Gasteiger partial charge in [0.15, 0.2) is 5.96 Å². The van der Waals surface area contributed by atoms with Gasteiger partial charge in [-0.1, -0.05) is 124 Å². The average Bonchev–Trinajstić information content (AvgIpc) is 1.71. The number of aromatic hydroxyl groups is 1. The van der Waals surface area contributed by atoms with Gasteiger partial charge in [0, 0.05) is 66.6 Å². The maximum atomic E-state index is 15.0. The second kappa shape index (κ2) is 50.2. The number of H-pyrrole nitrogens is 2. The first-order chi connectivity index (χ1) is 60.0. The summed E-state index contributed by atoms with van der Waals surface area (Å²) >= 11 is 0. The highest BCUT2D eigenvalue weighted by atomic mass is 16.4. The Bertz CT molecular complexity index is 4610. The molecule has 1 fully saturated rings. The lowest BCUT2D eigenvalue weighted by molar-refractivity contribution is -0.146. The van der Waals surface area contributed by atoms with Crippen molar-refractivity contribution in [2.24, 2.45) is 46.8 Å². The Labute approximate surface area is 739 Å². The number of unbranched alkanes of at least 4 members (excludes halogenated alkanes) is 1. The molecular weight excluding hydrogens is 1640 g/mol. The first kappa shape index (κ1) is 104. The quantitative estimate of drug-likeness (QED) is 0.0145. The van der Waals surface area contributed by atoms with Crippen molar-refractivity contribution in [1.82, 2.24) is 84.0 Å². The molecule has 0 unspecified atom stereocenters. The monoisotopic (exact) mass is 1770 g/mol. The molecule has 0 bridgehead atoms. The number of amides is 13. The zero-order valence-corrected chi connectivity index (χ0v) is 74.4. The number of aliphatic carboxylic acids is 2. The van der Waals surface area contributed by atoms with Crippen LogP contribution in [0.25, 0.3) is 21.8 Å². The number of aromatic amines is 2. The number of aromatic nitrogens is 2. The fourth-order valence-corrected chi connectivity index (χ4v) is 14.9. The topological polar surface area (TPSA) is 630 Å². The third kappa shape index (κ3) is 32.3. The minimum Gasteiger partial charge on any atom is -0.508 e. The normalized spacial score (nSPS) is 16.2. The molecule has 0 saturated carbocycles. The average molecular weight is 1770 g/mol. The van der Waals surface area contributed by atoms with E-state index < -0.39 is 198 Å². The van der Waals surface area contributed by atoms with Crippen molar-refractivity contribution in [3.63, 3.8) is 0 Å². The van der Waals surface area contributed by atoms with Crippen molar-refractivity contribution in [2.75, 3.05) is 19.6 Å². The van der Waals surface area contributed by atoms with Crippen LogP contribution in [0.1, 0.15) is 177 Å². The Balaban J connectivity index is 1.23. The van der Waals surface area contributed by atoms with E-state index in [-0.39, 0.29) is 126 Å². The van der Waals surface area contributed by atoms with Crippen LogP contribution >= 0.6 is 0 Å². The number of para-hydroxylation sites is 2. The number of carboxylic acids is 2. The number of nitrogens with two attached hydrogens (primary N) is 3. The van der Waals surface area contributed by atoms with Crippen LogP contribution in [0.2, 0.25) is 0 Å². The van der Waals surface area contributed by atoms with Gasteiger partial charge < -0.3 is 122 Å². The molecule has 0 spiro atoms. The number of guanidine groups is 1. The van der Waals surface area contributed by atoms with E-state index in [1.54, 1.807) is 130 Å². The minimum atomic E-state index is -1.91. The first-order valence-corrected chi connectivity index (χ1v) is 43.5. The molecule has 698 valence electrons. The zero-order valence-electron chi connectivity index (χ0n) is 74.4. The summed E-state index contributed by atoms with van der Waals surface area (Å²) in [4.78, 5) is 222. The van der Waals surface area contributed by atoms with Crippen molar-refractivity contribution in [3.8, 4) is 5.75 Å². The Kier molecular flexibility index (Phi) is 40.9. The third-order valence-electron chi connectivity index (χ3n) is 22.0. The van der Waals surface area contributed by atoms with Gasteiger partial charge in [-0.25, -0.2) is 4.79 Å². The van der Waals surface area contributed by atoms with Crippen molar-refractivity contribution in [1.29, 1.82) is 5.41 Å². The molecule has 1 aliphatic heterocycles. The molecule has 13 amide bonds. The Hall–Kier alpha value is -12.3. The predicted octanol–water partition coefficient (Wildman–Crippen LogP) is 0.711. The Morgan fingerprint density at radius 1 is 0.488 bits per heavy atom. The number of nitrogens with zero attached hydrogens (tertiary/aromatic N) is 1. The number of hydrogen-bond donors (Lipinski definition) is 23. The molecule has 16 atom stereocenters. The van der Waals surface area contributed by atoms with Crippen molar-refractivity contribution < 1.29 is 92.3 Å². The summed E-state index contributed by atoms with van der Waals surface area (Å²) in [5.41, 5.74) is 20.2. The lowest BCUT2D eigenvalue weighted by atomic mass is 9.96. The van der Waals surface area contributed by atoms with E-state index >= 15 is 9.59 Å². The highest BCUT2D eigenvalue weighted by Gasteiger charge is 2.43. The number of carbonyl (C=O) groups excluding carboxylic acids is 13. The smallest absolute Gasteiger partial charge is 0.326 e. The number of benzene rings is 3. The van der Waals surface area contributed by atoms with Crippen LogP contribution in [0.5, 0.6) is 5.75 Å². The highest BCUT2D eigenvalue weighted by molar-refractivity contribution is 6.02. The van der Waals surface area contributed by atoms with Gasteiger partial charge in [-0.15, -0.1) is 0 Å². The summed E-state index contributed by atoms with van der Waals surface area (Å²) in [6.45, 7) is 20.0. The molecule has 3 aromatic carbocycles. The van der Waals surface area contributed by atoms with Crippen molar-refractivity contribution in [3.05, 3.63) is 102 Å². The summed E-state index contributed by atoms with van der Waals surface area (Å²) in [6, 6.07) is -0.448. The molecule has 6 rings (SSSR count). The maximum absolute atomic E-state index is 15.0. The number of aliphatic hydroxyl groups excluding tert-OH is 1. The lowest BCUT2D eigenvalue weighted by Crippen LogP contribution is -2.62. The van der Waals surface area contributed by atoms with Gasteiger partial charge in [0.25, 0.3) is 0 Å². The molecule has 39 nitrogen and oxygen atoms in total. The molecule has 3 heterocycles. The molecule has 1 saturated heterocycles. The third-order valence-corrected chi connectivity index (χ3v) is 22.0. The van der Waals surface area contributed by atoms with Gasteiger partial charge in [-0.05, 0) is 155 Å². The van der Waals surface area contributed by atoms with Crippen LogP contribution in [-0.2, 0) is 91.2 Å². The summed E-state index contributed by atoms with van der Waals surface area (Å²) in [5, 5.41) is 85.5. The molecule has 5 aromatic rings. The van der Waals surface area contributed by atoms with E-state index in [0.717, 1.165) is 4.90 Å². The van der Waals surface area contributed by atoms with Crippen LogP contribution < -0.4 is 86.3 Å². The van der Waals surface area contributed by atoms with Gasteiger partial charge in [-0.3, -0.25) is 72.5 Å². The zero-order chi connectivity index (χ0) is 94.2. The molecular formula is C88H132N20O19. The number of carboxylic acid groups (broad SMARTS) is 2. The van der Waals surface area contributed by atoms with E-state index in [1.807, 2.05) is 0 Å². The van der Waals surface area contributed by atoms with Gasteiger partial charge >= 0.3 is 11.9 Å². The number of hydrogen-bond acceptors (Lipinski definition) is 20. The molecule has 127 heavy (non-hydrogen) atoms. The van der Waals surface area contributed by atoms with E-state index in [4.69, 9.17) is 22.6 Å².